The van der Waals surface area contributed by atoms with E-state index in [1.807, 2.05) is 18.2 Å². The van der Waals surface area contributed by atoms with Gasteiger partial charge in [0.15, 0.2) is 11.5 Å². The highest BCUT2D eigenvalue weighted by atomic mass is 16.5. The first-order chi connectivity index (χ1) is 19.0. The summed E-state index contributed by atoms with van der Waals surface area (Å²) in [5, 5.41) is 14.4. The van der Waals surface area contributed by atoms with E-state index in [9.17, 15) is 9.90 Å². The quantitative estimate of drug-likeness (QED) is 0.139. The first kappa shape index (κ1) is 30.2. The number of phenols is 1. The summed E-state index contributed by atoms with van der Waals surface area (Å²) < 4.78 is 12.0. The Labute approximate surface area is 233 Å². The van der Waals surface area contributed by atoms with Crippen LogP contribution in [0, 0.1) is 0 Å². The standard InChI is InChI=1S/C31H44N4O4/c1-4-7-19-38-28-14-13-25(21-29(28)39-20-8-5-2)23-34-15-17-35(18-16-34)24-30(36)33-32-22-27-12-9-11-26(10-6-3)31(27)37/h6,9,11-14,21-22,37H,3-5,7-8,10,15-20,23-24H2,1-2H3,(H,33,36)/b32-22+. The van der Waals surface area contributed by atoms with E-state index in [0.717, 1.165) is 75.5 Å². The summed E-state index contributed by atoms with van der Waals surface area (Å²) >= 11 is 0. The number of nitrogens with one attached hydrogen (secondary N) is 1. The normalized spacial score (nSPS) is 14.4. The molecular formula is C31H44N4O4. The van der Waals surface area contributed by atoms with Gasteiger partial charge >= 0.3 is 0 Å². The topological polar surface area (TPSA) is 86.6 Å². The first-order valence-corrected chi connectivity index (χ1v) is 14.1. The van der Waals surface area contributed by atoms with E-state index in [0.29, 0.717) is 25.2 Å². The molecule has 8 heteroatoms. The molecule has 0 unspecified atom stereocenters. The fourth-order valence-corrected chi connectivity index (χ4v) is 4.35. The number of piperazine rings is 1. The molecule has 1 heterocycles. The van der Waals surface area contributed by atoms with Gasteiger partial charge in [-0.1, -0.05) is 51.0 Å². The summed E-state index contributed by atoms with van der Waals surface area (Å²) in [4.78, 5) is 16.9. The minimum Gasteiger partial charge on any atom is -0.507 e. The molecule has 212 valence electrons. The number of para-hydroxylation sites is 1. The SMILES string of the molecule is C=CCc1cccc(/C=N/NC(=O)CN2CCN(Cc3ccc(OCCCC)c(OCCCC)c3)CC2)c1O. The van der Waals surface area contributed by atoms with Gasteiger partial charge in [-0.15, -0.1) is 6.58 Å². The highest BCUT2D eigenvalue weighted by molar-refractivity contribution is 5.86. The minimum atomic E-state index is -0.172. The molecule has 0 atom stereocenters. The average molecular weight is 537 g/mol. The van der Waals surface area contributed by atoms with Gasteiger partial charge in [0.25, 0.3) is 5.91 Å². The van der Waals surface area contributed by atoms with E-state index in [4.69, 9.17) is 9.47 Å². The van der Waals surface area contributed by atoms with Crippen molar-refractivity contribution in [3.63, 3.8) is 0 Å². The minimum absolute atomic E-state index is 0.157. The van der Waals surface area contributed by atoms with Crippen molar-refractivity contribution in [3.05, 3.63) is 65.7 Å². The molecule has 1 amide bonds. The molecule has 1 fully saturated rings. The third-order valence-electron chi connectivity index (χ3n) is 6.67. The zero-order valence-corrected chi connectivity index (χ0v) is 23.5. The Morgan fingerprint density at radius 3 is 2.41 bits per heavy atom. The number of ether oxygens (including phenoxy) is 2. The van der Waals surface area contributed by atoms with Crippen LogP contribution >= 0.6 is 0 Å². The average Bonchev–Trinajstić information content (AvgIpc) is 2.93. The fourth-order valence-electron chi connectivity index (χ4n) is 4.35. The highest BCUT2D eigenvalue weighted by Crippen LogP contribution is 2.30. The predicted molar refractivity (Wildman–Crippen MR) is 157 cm³/mol. The number of aromatic hydroxyl groups is 1. The van der Waals surface area contributed by atoms with Crippen molar-refractivity contribution in [1.29, 1.82) is 0 Å². The molecule has 0 radical (unpaired) electrons. The van der Waals surface area contributed by atoms with Gasteiger partial charge in [-0.25, -0.2) is 5.43 Å². The number of carbonyl (C=O) groups excluding carboxylic acids is 1. The van der Waals surface area contributed by atoms with Gasteiger partial charge in [-0.3, -0.25) is 14.6 Å². The van der Waals surface area contributed by atoms with Gasteiger partial charge in [0.1, 0.15) is 5.75 Å². The third-order valence-corrected chi connectivity index (χ3v) is 6.67. The van der Waals surface area contributed by atoms with E-state index in [-0.39, 0.29) is 18.2 Å². The van der Waals surface area contributed by atoms with E-state index >= 15 is 0 Å². The van der Waals surface area contributed by atoms with Crippen LogP contribution in [-0.2, 0) is 17.8 Å². The van der Waals surface area contributed by atoms with Gasteiger partial charge in [-0.2, -0.15) is 5.10 Å². The Hall–Kier alpha value is -3.36. The van der Waals surface area contributed by atoms with Gasteiger partial charge < -0.3 is 14.6 Å². The predicted octanol–water partition coefficient (Wildman–Crippen LogP) is 4.75. The summed E-state index contributed by atoms with van der Waals surface area (Å²) in [5.74, 6) is 1.63. The second-order valence-electron chi connectivity index (χ2n) is 9.88. The Morgan fingerprint density at radius 1 is 1.03 bits per heavy atom. The van der Waals surface area contributed by atoms with Crippen LogP contribution in [0.2, 0.25) is 0 Å². The smallest absolute Gasteiger partial charge is 0.254 e. The van der Waals surface area contributed by atoms with E-state index in [2.05, 4.69) is 52.9 Å². The number of phenolic OH excluding ortho intramolecular Hbond substituents is 1. The number of allylic oxidation sites excluding steroid dienone is 1. The molecule has 0 aliphatic carbocycles. The lowest BCUT2D eigenvalue weighted by Crippen LogP contribution is -2.48. The van der Waals surface area contributed by atoms with Crippen molar-refractivity contribution in [3.8, 4) is 17.2 Å². The molecule has 0 aromatic heterocycles. The number of rotatable bonds is 16. The summed E-state index contributed by atoms with van der Waals surface area (Å²) in [6.45, 7) is 13.9. The van der Waals surface area contributed by atoms with Crippen LogP contribution in [0.3, 0.4) is 0 Å². The van der Waals surface area contributed by atoms with Crippen LogP contribution in [-0.4, -0.2) is 73.0 Å². The molecule has 1 aliphatic heterocycles. The Kier molecular flexibility index (Phi) is 12.8. The molecule has 0 saturated carbocycles. The fraction of sp³-hybridized carbons (Fsp3) is 0.484. The summed E-state index contributed by atoms with van der Waals surface area (Å²) in [5.41, 5.74) is 5.11. The maximum atomic E-state index is 12.4. The number of amides is 1. The van der Waals surface area contributed by atoms with Crippen molar-refractivity contribution < 1.29 is 19.4 Å². The second kappa shape index (κ2) is 16.6. The molecule has 2 N–H and O–H groups in total. The number of benzene rings is 2. The van der Waals surface area contributed by atoms with Crippen LogP contribution < -0.4 is 14.9 Å². The molecule has 0 spiro atoms. The number of hydrogen-bond donors (Lipinski definition) is 2. The molecule has 8 nitrogen and oxygen atoms in total. The number of hydrazone groups is 1. The van der Waals surface area contributed by atoms with Gasteiger partial charge in [0.05, 0.1) is 26.0 Å². The Bertz CT molecular complexity index is 1080. The Morgan fingerprint density at radius 2 is 1.72 bits per heavy atom. The van der Waals surface area contributed by atoms with Crippen molar-refractivity contribution in [2.45, 2.75) is 52.5 Å². The lowest BCUT2D eigenvalue weighted by Gasteiger charge is -2.34. The highest BCUT2D eigenvalue weighted by Gasteiger charge is 2.19. The first-order valence-electron chi connectivity index (χ1n) is 14.1. The van der Waals surface area contributed by atoms with E-state index < -0.39 is 0 Å². The molecule has 0 bridgehead atoms. The van der Waals surface area contributed by atoms with E-state index in [1.54, 1.807) is 12.1 Å². The largest absolute Gasteiger partial charge is 0.507 e. The summed E-state index contributed by atoms with van der Waals surface area (Å²) in [7, 11) is 0. The zero-order chi connectivity index (χ0) is 27.9. The van der Waals surface area contributed by atoms with Crippen molar-refractivity contribution in [2.24, 2.45) is 5.10 Å². The molecule has 3 rings (SSSR count). The summed E-state index contributed by atoms with van der Waals surface area (Å²) in [6.07, 6.45) is 8.01. The van der Waals surface area contributed by atoms with Gasteiger partial charge in [-0.05, 0) is 48.6 Å². The van der Waals surface area contributed by atoms with Gasteiger partial charge in [0, 0.05) is 38.3 Å². The van der Waals surface area contributed by atoms with Crippen molar-refractivity contribution in [2.75, 3.05) is 45.9 Å². The number of hydrogen-bond acceptors (Lipinski definition) is 7. The number of nitrogens with zero attached hydrogens (tertiary/aromatic N) is 3. The van der Waals surface area contributed by atoms with Crippen molar-refractivity contribution >= 4 is 12.1 Å². The molecule has 1 saturated heterocycles. The lowest BCUT2D eigenvalue weighted by atomic mass is 10.1. The zero-order valence-electron chi connectivity index (χ0n) is 23.5. The maximum Gasteiger partial charge on any atom is 0.254 e. The summed E-state index contributed by atoms with van der Waals surface area (Å²) in [6, 6.07) is 11.7. The molecule has 1 aliphatic rings. The Balaban J connectivity index is 1.45. The lowest BCUT2D eigenvalue weighted by molar-refractivity contribution is -0.122. The molecule has 39 heavy (non-hydrogen) atoms. The molecular weight excluding hydrogens is 492 g/mol. The maximum absolute atomic E-state index is 12.4. The van der Waals surface area contributed by atoms with Gasteiger partial charge in [0.2, 0.25) is 0 Å². The van der Waals surface area contributed by atoms with Crippen LogP contribution in [0.5, 0.6) is 17.2 Å². The van der Waals surface area contributed by atoms with Crippen molar-refractivity contribution in [1.82, 2.24) is 15.2 Å². The van der Waals surface area contributed by atoms with Crippen LogP contribution in [0.25, 0.3) is 0 Å². The van der Waals surface area contributed by atoms with Crippen LogP contribution in [0.4, 0.5) is 0 Å². The number of unbranched alkanes of at least 4 members (excludes halogenated alkanes) is 2. The van der Waals surface area contributed by atoms with Crippen LogP contribution in [0.15, 0.2) is 54.2 Å². The second-order valence-corrected chi connectivity index (χ2v) is 9.88. The molecule has 2 aromatic rings. The third kappa shape index (κ3) is 10.0. The number of carbonyl (C=O) groups is 1. The van der Waals surface area contributed by atoms with E-state index in [1.165, 1.54) is 11.8 Å². The monoisotopic (exact) mass is 536 g/mol. The molecule has 2 aromatic carbocycles. The van der Waals surface area contributed by atoms with Crippen LogP contribution in [0.1, 0.15) is 56.2 Å².